The number of ether oxygens (including phenoxy) is 1. The normalized spacial score (nSPS) is 9.92. The van der Waals surface area contributed by atoms with E-state index in [4.69, 9.17) is 4.74 Å². The van der Waals surface area contributed by atoms with Crippen molar-refractivity contribution in [2.45, 2.75) is 6.92 Å². The molecular formula is C19H24ClN3O3. The predicted molar refractivity (Wildman–Crippen MR) is 106 cm³/mol. The Kier molecular flexibility index (Phi) is 9.36. The number of rotatable bonds is 8. The van der Waals surface area contributed by atoms with E-state index in [1.165, 1.54) is 0 Å². The minimum Gasteiger partial charge on any atom is -0.383 e. The molecule has 26 heavy (non-hydrogen) atoms. The van der Waals surface area contributed by atoms with Gasteiger partial charge in [-0.2, -0.15) is 0 Å². The van der Waals surface area contributed by atoms with E-state index in [1.54, 1.807) is 31.4 Å². The van der Waals surface area contributed by atoms with Crippen LogP contribution >= 0.6 is 12.4 Å². The molecule has 6 nitrogen and oxygen atoms in total. The van der Waals surface area contributed by atoms with Gasteiger partial charge in [0.1, 0.15) is 0 Å². The maximum absolute atomic E-state index is 12.3. The molecule has 140 valence electrons. The second-order valence-electron chi connectivity index (χ2n) is 5.52. The lowest BCUT2D eigenvalue weighted by Gasteiger charge is -2.14. The summed E-state index contributed by atoms with van der Waals surface area (Å²) >= 11 is 0. The van der Waals surface area contributed by atoms with Crippen LogP contribution in [0, 0.1) is 6.92 Å². The minimum absolute atomic E-state index is 0. The number of halogens is 1. The minimum atomic E-state index is -0.187. The van der Waals surface area contributed by atoms with Crippen molar-refractivity contribution < 1.29 is 14.3 Å². The molecule has 2 amide bonds. The zero-order valence-corrected chi connectivity index (χ0v) is 15.7. The first kappa shape index (κ1) is 21.6. The van der Waals surface area contributed by atoms with Crippen LogP contribution in [0.3, 0.4) is 0 Å². The third-order valence-corrected chi connectivity index (χ3v) is 3.66. The van der Waals surface area contributed by atoms with Crippen molar-refractivity contribution in [2.75, 3.05) is 37.4 Å². The van der Waals surface area contributed by atoms with Crippen LogP contribution in [0.5, 0.6) is 0 Å². The number of nitrogens with one attached hydrogen (secondary N) is 3. The first-order valence-corrected chi connectivity index (χ1v) is 8.07. The summed E-state index contributed by atoms with van der Waals surface area (Å²) in [6.07, 6.45) is 0. The van der Waals surface area contributed by atoms with Crippen LogP contribution in [-0.2, 0) is 9.53 Å². The Hall–Kier alpha value is -2.41. The molecule has 3 N–H and O–H groups in total. The molecule has 0 saturated carbocycles. The molecule has 0 radical (unpaired) electrons. The Balaban J connectivity index is 0.00000338. The summed E-state index contributed by atoms with van der Waals surface area (Å²) in [5.41, 5.74) is 2.72. The molecule has 0 saturated heterocycles. The molecule has 7 heteroatoms. The molecule has 0 bridgehead atoms. The second kappa shape index (κ2) is 11.3. The average molecular weight is 378 g/mol. The van der Waals surface area contributed by atoms with E-state index in [0.29, 0.717) is 30.1 Å². The monoisotopic (exact) mass is 377 g/mol. The van der Waals surface area contributed by atoms with Gasteiger partial charge in [-0.1, -0.05) is 24.3 Å². The van der Waals surface area contributed by atoms with E-state index < -0.39 is 0 Å². The van der Waals surface area contributed by atoms with Crippen molar-refractivity contribution in [1.82, 2.24) is 5.32 Å². The van der Waals surface area contributed by atoms with E-state index in [1.807, 2.05) is 31.2 Å². The highest BCUT2D eigenvalue weighted by molar-refractivity contribution is 6.05. The summed E-state index contributed by atoms with van der Waals surface area (Å²) in [7, 11) is 1.61. The van der Waals surface area contributed by atoms with E-state index in [2.05, 4.69) is 16.0 Å². The molecule has 0 fully saturated rings. The van der Waals surface area contributed by atoms with Crippen LogP contribution in [0.25, 0.3) is 0 Å². The lowest BCUT2D eigenvalue weighted by Crippen LogP contribution is -2.30. The Morgan fingerprint density at radius 1 is 0.962 bits per heavy atom. The SMILES string of the molecule is COCCNCC(=O)Nc1cccc(NC(=O)c2ccccc2)c1C.Cl. The van der Waals surface area contributed by atoms with Crippen LogP contribution < -0.4 is 16.0 Å². The maximum Gasteiger partial charge on any atom is 0.255 e. The molecule has 0 unspecified atom stereocenters. The Bertz CT molecular complexity index is 723. The summed E-state index contributed by atoms with van der Waals surface area (Å²) in [5.74, 6) is -0.334. The van der Waals surface area contributed by atoms with E-state index in [0.717, 1.165) is 5.56 Å². The van der Waals surface area contributed by atoms with Crippen LogP contribution in [0.1, 0.15) is 15.9 Å². The fourth-order valence-electron chi connectivity index (χ4n) is 2.26. The largest absolute Gasteiger partial charge is 0.383 e. The van der Waals surface area contributed by atoms with Crippen LogP contribution in [0.15, 0.2) is 48.5 Å². The third kappa shape index (κ3) is 6.48. The van der Waals surface area contributed by atoms with Crippen molar-refractivity contribution in [2.24, 2.45) is 0 Å². The van der Waals surface area contributed by atoms with E-state index in [9.17, 15) is 9.59 Å². The quantitative estimate of drug-likeness (QED) is 0.618. The molecule has 0 aliphatic heterocycles. The summed E-state index contributed by atoms with van der Waals surface area (Å²) in [6, 6.07) is 14.4. The standard InChI is InChI=1S/C19H23N3O3.ClH/c1-14-16(21-18(23)13-20-11-12-25-2)9-6-10-17(14)22-19(24)15-7-4-3-5-8-15;/h3-10,20H,11-13H2,1-2H3,(H,21,23)(H,22,24);1H. The molecule has 0 aliphatic rings. The Morgan fingerprint density at radius 2 is 1.62 bits per heavy atom. The number of amides is 2. The highest BCUT2D eigenvalue weighted by atomic mass is 35.5. The lowest BCUT2D eigenvalue weighted by molar-refractivity contribution is -0.115. The first-order valence-electron chi connectivity index (χ1n) is 8.07. The van der Waals surface area contributed by atoms with Gasteiger partial charge in [0.2, 0.25) is 5.91 Å². The molecule has 2 aromatic carbocycles. The van der Waals surface area contributed by atoms with Crippen molar-refractivity contribution in [3.8, 4) is 0 Å². The van der Waals surface area contributed by atoms with E-state index in [-0.39, 0.29) is 30.8 Å². The Labute approximate surface area is 159 Å². The van der Waals surface area contributed by atoms with Gasteiger partial charge in [-0.3, -0.25) is 9.59 Å². The number of hydrogen-bond acceptors (Lipinski definition) is 4. The number of hydrogen-bond donors (Lipinski definition) is 3. The van der Waals surface area contributed by atoms with Gasteiger partial charge in [0.15, 0.2) is 0 Å². The fraction of sp³-hybridized carbons (Fsp3) is 0.263. The highest BCUT2D eigenvalue weighted by Gasteiger charge is 2.11. The molecule has 0 spiro atoms. The number of carbonyl (C=O) groups excluding carboxylic acids is 2. The first-order chi connectivity index (χ1) is 12.1. The fourth-order valence-corrected chi connectivity index (χ4v) is 2.26. The van der Waals surface area contributed by atoms with Gasteiger partial charge in [0.05, 0.1) is 13.2 Å². The molecule has 0 heterocycles. The average Bonchev–Trinajstić information content (AvgIpc) is 2.63. The number of benzene rings is 2. The molecule has 2 aromatic rings. The summed E-state index contributed by atoms with van der Waals surface area (Å²) in [6.45, 7) is 3.21. The molecule has 0 aliphatic carbocycles. The van der Waals surface area contributed by atoms with Gasteiger partial charge < -0.3 is 20.7 Å². The van der Waals surface area contributed by atoms with Gasteiger partial charge in [-0.15, -0.1) is 12.4 Å². The van der Waals surface area contributed by atoms with Crippen molar-refractivity contribution in [1.29, 1.82) is 0 Å². The number of anilines is 2. The van der Waals surface area contributed by atoms with Crippen LogP contribution in [0.2, 0.25) is 0 Å². The molecule has 2 rings (SSSR count). The van der Waals surface area contributed by atoms with E-state index >= 15 is 0 Å². The maximum atomic E-state index is 12.3. The topological polar surface area (TPSA) is 79.5 Å². The number of carbonyl (C=O) groups is 2. The van der Waals surface area contributed by atoms with Gasteiger partial charge in [-0.05, 0) is 36.8 Å². The van der Waals surface area contributed by atoms with Gasteiger partial charge >= 0.3 is 0 Å². The zero-order valence-electron chi connectivity index (χ0n) is 14.9. The smallest absolute Gasteiger partial charge is 0.255 e. The molecular weight excluding hydrogens is 354 g/mol. The lowest BCUT2D eigenvalue weighted by atomic mass is 10.1. The van der Waals surface area contributed by atoms with Gasteiger partial charge in [-0.25, -0.2) is 0 Å². The summed E-state index contributed by atoms with van der Waals surface area (Å²) < 4.78 is 4.92. The molecule has 0 aromatic heterocycles. The van der Waals surface area contributed by atoms with Crippen LogP contribution in [0.4, 0.5) is 11.4 Å². The van der Waals surface area contributed by atoms with Gasteiger partial charge in [0.25, 0.3) is 5.91 Å². The summed E-state index contributed by atoms with van der Waals surface area (Å²) in [5, 5.41) is 8.71. The van der Waals surface area contributed by atoms with Crippen molar-refractivity contribution in [3.05, 3.63) is 59.7 Å². The molecule has 0 atom stereocenters. The third-order valence-electron chi connectivity index (χ3n) is 3.66. The Morgan fingerprint density at radius 3 is 2.27 bits per heavy atom. The summed E-state index contributed by atoms with van der Waals surface area (Å²) in [4.78, 5) is 24.3. The number of methoxy groups -OCH3 is 1. The van der Waals surface area contributed by atoms with Gasteiger partial charge in [0, 0.05) is 30.6 Å². The van der Waals surface area contributed by atoms with Crippen molar-refractivity contribution in [3.63, 3.8) is 0 Å². The second-order valence-corrected chi connectivity index (χ2v) is 5.52. The zero-order chi connectivity index (χ0) is 18.1. The van der Waals surface area contributed by atoms with Crippen molar-refractivity contribution >= 4 is 35.6 Å². The highest BCUT2D eigenvalue weighted by Crippen LogP contribution is 2.23. The van der Waals surface area contributed by atoms with Crippen LogP contribution in [-0.4, -0.2) is 38.6 Å². The predicted octanol–water partition coefficient (Wildman–Crippen LogP) is 2.84.